The summed E-state index contributed by atoms with van der Waals surface area (Å²) in [6, 6.07) is 22.6. The van der Waals surface area contributed by atoms with Crippen molar-refractivity contribution < 1.29 is 24.2 Å². The number of carbonyl (C=O) groups excluding carboxylic acids is 2. The topological polar surface area (TPSA) is 105 Å². The van der Waals surface area contributed by atoms with Crippen molar-refractivity contribution in [3.05, 3.63) is 102 Å². The summed E-state index contributed by atoms with van der Waals surface area (Å²) in [5.74, 6) is -1.51. The van der Waals surface area contributed by atoms with Gasteiger partial charge in [0.15, 0.2) is 0 Å². The van der Waals surface area contributed by atoms with E-state index in [0.717, 1.165) is 28.3 Å². The molecular formula is C26H22N2O5. The van der Waals surface area contributed by atoms with E-state index in [1.54, 1.807) is 18.2 Å². The summed E-state index contributed by atoms with van der Waals surface area (Å²) in [6.45, 7) is 0.269. The summed E-state index contributed by atoms with van der Waals surface area (Å²) >= 11 is 0. The average molecular weight is 442 g/mol. The second-order valence-electron chi connectivity index (χ2n) is 7.48. The number of ether oxygens (including phenoxy) is 1. The minimum atomic E-state index is -1.08. The van der Waals surface area contributed by atoms with Crippen molar-refractivity contribution in [2.75, 3.05) is 18.5 Å². The molecule has 2 amide bonds. The molecule has 0 spiro atoms. The van der Waals surface area contributed by atoms with Crippen molar-refractivity contribution in [1.29, 1.82) is 0 Å². The lowest BCUT2D eigenvalue weighted by atomic mass is 9.98. The predicted molar refractivity (Wildman–Crippen MR) is 124 cm³/mol. The normalized spacial score (nSPS) is 12.1. The van der Waals surface area contributed by atoms with E-state index >= 15 is 0 Å². The molecule has 0 saturated carbocycles. The molecule has 166 valence electrons. The van der Waals surface area contributed by atoms with Gasteiger partial charge in [-0.2, -0.15) is 0 Å². The van der Waals surface area contributed by atoms with Crippen LogP contribution in [0.2, 0.25) is 0 Å². The minimum Gasteiger partial charge on any atom is -0.478 e. The second kappa shape index (κ2) is 9.82. The Morgan fingerprint density at radius 3 is 2.24 bits per heavy atom. The fourth-order valence-electron chi connectivity index (χ4n) is 3.90. The number of rotatable bonds is 7. The fraction of sp³-hybridized carbons (Fsp3) is 0.115. The van der Waals surface area contributed by atoms with Crippen molar-refractivity contribution in [2.45, 2.75) is 5.92 Å². The lowest BCUT2D eigenvalue weighted by molar-refractivity contribution is -0.131. The maximum absolute atomic E-state index is 12.5. The van der Waals surface area contributed by atoms with Crippen LogP contribution in [0.5, 0.6) is 0 Å². The minimum absolute atomic E-state index is 0.0425. The molecular weight excluding hydrogens is 420 g/mol. The van der Waals surface area contributed by atoms with Gasteiger partial charge in [-0.05, 0) is 40.5 Å². The molecule has 3 aromatic rings. The third-order valence-electron chi connectivity index (χ3n) is 5.36. The largest absolute Gasteiger partial charge is 0.478 e. The molecule has 0 atom stereocenters. The van der Waals surface area contributed by atoms with Crippen molar-refractivity contribution in [3.63, 3.8) is 0 Å². The van der Waals surface area contributed by atoms with Crippen molar-refractivity contribution in [2.24, 2.45) is 0 Å². The zero-order valence-corrected chi connectivity index (χ0v) is 17.7. The molecule has 33 heavy (non-hydrogen) atoms. The highest BCUT2D eigenvalue weighted by atomic mass is 16.5. The molecule has 3 aromatic carbocycles. The van der Waals surface area contributed by atoms with Gasteiger partial charge in [-0.1, -0.05) is 60.7 Å². The first kappa shape index (κ1) is 21.8. The number of amides is 2. The average Bonchev–Trinajstić information content (AvgIpc) is 3.14. The van der Waals surface area contributed by atoms with Crippen LogP contribution in [0.4, 0.5) is 10.5 Å². The van der Waals surface area contributed by atoms with Crippen molar-refractivity contribution >= 4 is 23.7 Å². The van der Waals surface area contributed by atoms with Gasteiger partial charge in [0.1, 0.15) is 6.61 Å². The Labute approximate surface area is 190 Å². The third-order valence-corrected chi connectivity index (χ3v) is 5.36. The zero-order valence-electron chi connectivity index (χ0n) is 17.7. The van der Waals surface area contributed by atoms with Gasteiger partial charge in [0.25, 0.3) is 5.91 Å². The maximum Gasteiger partial charge on any atom is 0.411 e. The molecule has 0 bridgehead atoms. The van der Waals surface area contributed by atoms with Crippen LogP contribution in [0.3, 0.4) is 0 Å². The van der Waals surface area contributed by atoms with Crippen molar-refractivity contribution in [3.8, 4) is 11.1 Å². The number of fused-ring (bicyclic) bond motifs is 3. The number of carboxylic acids is 1. The summed E-state index contributed by atoms with van der Waals surface area (Å²) in [6.07, 6.45) is 1.67. The quantitative estimate of drug-likeness (QED) is 0.470. The highest BCUT2D eigenvalue weighted by Gasteiger charge is 2.29. The van der Waals surface area contributed by atoms with Gasteiger partial charge >= 0.3 is 12.1 Å². The van der Waals surface area contributed by atoms with E-state index in [2.05, 4.69) is 34.9 Å². The van der Waals surface area contributed by atoms with Gasteiger partial charge in [0, 0.05) is 29.8 Å². The number of hydrogen-bond acceptors (Lipinski definition) is 4. The number of aliphatic carboxylic acids is 1. The van der Waals surface area contributed by atoms with Gasteiger partial charge in [0.2, 0.25) is 0 Å². The molecule has 0 heterocycles. The van der Waals surface area contributed by atoms with Crippen LogP contribution in [-0.4, -0.2) is 36.2 Å². The van der Waals surface area contributed by atoms with Crippen LogP contribution in [0.25, 0.3) is 11.1 Å². The van der Waals surface area contributed by atoms with Crippen LogP contribution in [-0.2, 0) is 9.53 Å². The van der Waals surface area contributed by atoms with Crippen LogP contribution in [0, 0.1) is 0 Å². The Morgan fingerprint density at radius 2 is 1.58 bits per heavy atom. The molecule has 0 unspecified atom stereocenters. The lowest BCUT2D eigenvalue weighted by Gasteiger charge is -2.15. The molecule has 0 saturated heterocycles. The van der Waals surface area contributed by atoms with Crippen LogP contribution in [0.15, 0.2) is 84.9 Å². The van der Waals surface area contributed by atoms with E-state index in [9.17, 15) is 14.4 Å². The Bertz CT molecular complexity index is 1190. The van der Waals surface area contributed by atoms with Gasteiger partial charge in [0.05, 0.1) is 0 Å². The summed E-state index contributed by atoms with van der Waals surface area (Å²) in [4.78, 5) is 35.1. The van der Waals surface area contributed by atoms with Crippen LogP contribution >= 0.6 is 0 Å². The monoisotopic (exact) mass is 442 g/mol. The summed E-state index contributed by atoms with van der Waals surface area (Å²) < 4.78 is 5.53. The molecule has 7 nitrogen and oxygen atoms in total. The Balaban J connectivity index is 1.37. The number of anilines is 1. The fourth-order valence-corrected chi connectivity index (χ4v) is 3.90. The molecule has 3 N–H and O–H groups in total. The van der Waals surface area contributed by atoms with E-state index in [1.807, 2.05) is 24.3 Å². The molecule has 0 fully saturated rings. The molecule has 4 rings (SSSR count). The highest BCUT2D eigenvalue weighted by Crippen LogP contribution is 2.44. The predicted octanol–water partition coefficient (Wildman–Crippen LogP) is 4.42. The second-order valence-corrected chi connectivity index (χ2v) is 7.48. The number of benzene rings is 3. The molecule has 0 aromatic heterocycles. The summed E-state index contributed by atoms with van der Waals surface area (Å²) in [7, 11) is 0. The smallest absolute Gasteiger partial charge is 0.411 e. The third kappa shape index (κ3) is 5.10. The zero-order chi connectivity index (χ0) is 23.2. The number of nitrogens with one attached hydrogen (secondary N) is 2. The van der Waals surface area contributed by atoms with E-state index in [4.69, 9.17) is 9.84 Å². The summed E-state index contributed by atoms with van der Waals surface area (Å²) in [5.41, 5.74) is 5.30. The SMILES string of the molecule is O=C(O)/C=C/CNC(=O)c1cccc(NC(=O)OCC2c3ccccc3-c3ccccc32)c1. The lowest BCUT2D eigenvalue weighted by Crippen LogP contribution is -2.23. The molecule has 0 radical (unpaired) electrons. The maximum atomic E-state index is 12.5. The number of hydrogen-bond donors (Lipinski definition) is 3. The first-order valence-corrected chi connectivity index (χ1v) is 10.4. The van der Waals surface area contributed by atoms with E-state index in [0.29, 0.717) is 11.3 Å². The molecule has 1 aliphatic carbocycles. The van der Waals surface area contributed by atoms with Crippen LogP contribution in [0.1, 0.15) is 27.4 Å². The Hall–Kier alpha value is -4.39. The van der Waals surface area contributed by atoms with Gasteiger partial charge in [-0.15, -0.1) is 0 Å². The van der Waals surface area contributed by atoms with Gasteiger partial charge < -0.3 is 15.2 Å². The van der Waals surface area contributed by atoms with Crippen molar-refractivity contribution in [1.82, 2.24) is 5.32 Å². The number of carbonyl (C=O) groups is 3. The Kier molecular flexibility index (Phi) is 6.50. The molecule has 0 aliphatic heterocycles. The van der Waals surface area contributed by atoms with Crippen LogP contribution < -0.4 is 10.6 Å². The highest BCUT2D eigenvalue weighted by molar-refractivity contribution is 5.96. The Morgan fingerprint density at radius 1 is 0.909 bits per heavy atom. The van der Waals surface area contributed by atoms with E-state index < -0.39 is 12.1 Å². The van der Waals surface area contributed by atoms with Gasteiger partial charge in [-0.3, -0.25) is 10.1 Å². The molecule has 1 aliphatic rings. The van der Waals surface area contributed by atoms with Gasteiger partial charge in [-0.25, -0.2) is 9.59 Å². The number of carboxylic acid groups (broad SMARTS) is 1. The summed E-state index contributed by atoms with van der Waals surface area (Å²) in [5, 5.41) is 13.8. The standard InChI is InChI=1S/C26H22N2O5/c29-24(30)13-6-14-27-25(31)17-7-5-8-18(15-17)28-26(32)33-16-23-21-11-3-1-9-19(21)20-10-2-4-12-22(20)23/h1-13,15,23H,14,16H2,(H,27,31)(H,28,32)(H,29,30)/b13-6+. The van der Waals surface area contributed by atoms with E-state index in [-0.39, 0.29) is 25.0 Å². The van der Waals surface area contributed by atoms with E-state index in [1.165, 1.54) is 12.1 Å². The first-order chi connectivity index (χ1) is 16.0. The molecule has 7 heteroatoms. The first-order valence-electron chi connectivity index (χ1n) is 10.4.